The third-order valence-electron chi connectivity index (χ3n) is 3.53. The first-order valence-corrected chi connectivity index (χ1v) is 6.47. The van der Waals surface area contributed by atoms with Gasteiger partial charge in [-0.2, -0.15) is 5.10 Å². The molecule has 6 nitrogen and oxygen atoms in total. The topological polar surface area (TPSA) is 76.5 Å². The van der Waals surface area contributed by atoms with Gasteiger partial charge in [0.25, 0.3) is 5.91 Å². The Morgan fingerprint density at radius 3 is 3.05 bits per heavy atom. The van der Waals surface area contributed by atoms with Gasteiger partial charge in [0.05, 0.1) is 23.5 Å². The molecular weight excluding hydrogens is 242 g/mol. The van der Waals surface area contributed by atoms with Crippen LogP contribution in [0.25, 0.3) is 5.52 Å². The number of rotatable bonds is 1. The van der Waals surface area contributed by atoms with Crippen LogP contribution in [0.15, 0.2) is 24.8 Å². The van der Waals surface area contributed by atoms with E-state index in [-0.39, 0.29) is 11.9 Å². The molecule has 2 aromatic rings. The maximum absolute atomic E-state index is 12.6. The van der Waals surface area contributed by atoms with Crippen LogP contribution < -0.4 is 5.73 Å². The highest BCUT2D eigenvalue weighted by Crippen LogP contribution is 2.19. The standard InChI is InChI=1S/C13H17N5O/c1-9-4-10(14)8-17(7-9)13(19)11-5-16-18-3-2-15-6-12(11)18/h2-3,5-6,9-10H,4,7-8,14H2,1H3. The predicted molar refractivity (Wildman–Crippen MR) is 70.6 cm³/mol. The van der Waals surface area contributed by atoms with Crippen LogP contribution in [0.3, 0.4) is 0 Å². The molecule has 1 fully saturated rings. The third-order valence-corrected chi connectivity index (χ3v) is 3.53. The van der Waals surface area contributed by atoms with E-state index in [2.05, 4.69) is 17.0 Å². The largest absolute Gasteiger partial charge is 0.337 e. The molecule has 2 unspecified atom stereocenters. The molecular formula is C13H17N5O. The lowest BCUT2D eigenvalue weighted by Crippen LogP contribution is -2.48. The van der Waals surface area contributed by atoms with E-state index < -0.39 is 0 Å². The molecule has 0 spiro atoms. The van der Waals surface area contributed by atoms with Crippen LogP contribution in [0.2, 0.25) is 0 Å². The zero-order valence-corrected chi connectivity index (χ0v) is 10.9. The number of amides is 1. The van der Waals surface area contributed by atoms with Gasteiger partial charge in [-0.15, -0.1) is 0 Å². The lowest BCUT2D eigenvalue weighted by molar-refractivity contribution is 0.0663. The maximum atomic E-state index is 12.6. The number of hydrogen-bond acceptors (Lipinski definition) is 4. The van der Waals surface area contributed by atoms with Gasteiger partial charge in [0.1, 0.15) is 0 Å². The molecule has 2 atom stereocenters. The smallest absolute Gasteiger partial charge is 0.257 e. The zero-order chi connectivity index (χ0) is 13.4. The van der Waals surface area contributed by atoms with Crippen molar-refractivity contribution in [1.82, 2.24) is 19.5 Å². The van der Waals surface area contributed by atoms with Crippen molar-refractivity contribution in [1.29, 1.82) is 0 Å². The Morgan fingerprint density at radius 2 is 2.26 bits per heavy atom. The summed E-state index contributed by atoms with van der Waals surface area (Å²) in [6.07, 6.45) is 7.61. The number of likely N-dealkylation sites (tertiary alicyclic amines) is 1. The molecule has 19 heavy (non-hydrogen) atoms. The normalized spacial score (nSPS) is 23.8. The van der Waals surface area contributed by atoms with Gasteiger partial charge in [-0.3, -0.25) is 9.78 Å². The first-order valence-electron chi connectivity index (χ1n) is 6.47. The maximum Gasteiger partial charge on any atom is 0.257 e. The van der Waals surface area contributed by atoms with E-state index in [4.69, 9.17) is 5.73 Å². The lowest BCUT2D eigenvalue weighted by Gasteiger charge is -2.34. The first-order chi connectivity index (χ1) is 9.15. The Morgan fingerprint density at radius 1 is 1.42 bits per heavy atom. The average molecular weight is 259 g/mol. The summed E-state index contributed by atoms with van der Waals surface area (Å²) in [6.45, 7) is 3.49. The van der Waals surface area contributed by atoms with Crippen molar-refractivity contribution in [2.75, 3.05) is 13.1 Å². The molecule has 2 N–H and O–H groups in total. The van der Waals surface area contributed by atoms with Gasteiger partial charge in [0.2, 0.25) is 0 Å². The van der Waals surface area contributed by atoms with E-state index in [1.807, 2.05) is 4.90 Å². The summed E-state index contributed by atoms with van der Waals surface area (Å²) in [5.74, 6) is 0.428. The minimum atomic E-state index is -0.00926. The number of aromatic nitrogens is 3. The molecule has 6 heteroatoms. The minimum Gasteiger partial charge on any atom is -0.337 e. The molecule has 1 saturated heterocycles. The average Bonchev–Trinajstić information content (AvgIpc) is 2.80. The van der Waals surface area contributed by atoms with Gasteiger partial charge in [-0.25, -0.2) is 4.52 Å². The van der Waals surface area contributed by atoms with Crippen molar-refractivity contribution in [3.63, 3.8) is 0 Å². The lowest BCUT2D eigenvalue weighted by atomic mass is 9.96. The highest BCUT2D eigenvalue weighted by Gasteiger charge is 2.27. The number of nitrogens with zero attached hydrogens (tertiary/aromatic N) is 4. The highest BCUT2D eigenvalue weighted by molar-refractivity contribution is 6.00. The molecule has 3 rings (SSSR count). The van der Waals surface area contributed by atoms with Gasteiger partial charge >= 0.3 is 0 Å². The van der Waals surface area contributed by atoms with Crippen LogP contribution in [-0.4, -0.2) is 44.5 Å². The summed E-state index contributed by atoms with van der Waals surface area (Å²) < 4.78 is 1.66. The Kier molecular flexibility index (Phi) is 2.94. The van der Waals surface area contributed by atoms with Crippen molar-refractivity contribution in [2.45, 2.75) is 19.4 Å². The predicted octanol–water partition coefficient (Wildman–Crippen LogP) is 0.539. The summed E-state index contributed by atoms with van der Waals surface area (Å²) in [6, 6.07) is 0.0627. The fourth-order valence-corrected chi connectivity index (χ4v) is 2.74. The van der Waals surface area contributed by atoms with E-state index in [0.29, 0.717) is 18.0 Å². The van der Waals surface area contributed by atoms with Crippen molar-refractivity contribution in [2.24, 2.45) is 11.7 Å². The molecule has 1 aliphatic heterocycles. The Hall–Kier alpha value is -1.95. The quantitative estimate of drug-likeness (QED) is 0.811. The number of nitrogens with two attached hydrogens (primary N) is 1. The Labute approximate surface area is 111 Å². The van der Waals surface area contributed by atoms with Crippen molar-refractivity contribution >= 4 is 11.4 Å². The van der Waals surface area contributed by atoms with Crippen LogP contribution in [0.1, 0.15) is 23.7 Å². The Bertz CT molecular complexity index is 598. The summed E-state index contributed by atoms with van der Waals surface area (Å²) in [7, 11) is 0. The number of fused-ring (bicyclic) bond motifs is 1. The fourth-order valence-electron chi connectivity index (χ4n) is 2.74. The molecule has 2 aromatic heterocycles. The minimum absolute atomic E-state index is 0.00926. The van der Waals surface area contributed by atoms with Crippen LogP contribution >= 0.6 is 0 Å². The summed E-state index contributed by atoms with van der Waals surface area (Å²) in [5, 5.41) is 4.17. The molecule has 0 bridgehead atoms. The van der Waals surface area contributed by atoms with Crippen LogP contribution in [0.5, 0.6) is 0 Å². The molecule has 3 heterocycles. The van der Waals surface area contributed by atoms with E-state index in [1.165, 1.54) is 0 Å². The first kappa shape index (κ1) is 12.1. The molecule has 0 radical (unpaired) electrons. The van der Waals surface area contributed by atoms with Crippen molar-refractivity contribution in [3.8, 4) is 0 Å². The Balaban J connectivity index is 1.91. The number of carbonyl (C=O) groups excluding carboxylic acids is 1. The molecule has 1 amide bonds. The second kappa shape index (κ2) is 4.62. The van der Waals surface area contributed by atoms with E-state index in [1.54, 1.807) is 29.3 Å². The second-order valence-corrected chi connectivity index (χ2v) is 5.28. The summed E-state index contributed by atoms with van der Waals surface area (Å²) in [4.78, 5) is 18.4. The molecule has 100 valence electrons. The molecule has 0 aliphatic carbocycles. The van der Waals surface area contributed by atoms with Crippen molar-refractivity contribution in [3.05, 3.63) is 30.4 Å². The van der Waals surface area contributed by atoms with Gasteiger partial charge in [-0.05, 0) is 12.3 Å². The van der Waals surface area contributed by atoms with E-state index in [9.17, 15) is 4.79 Å². The van der Waals surface area contributed by atoms with E-state index in [0.717, 1.165) is 18.5 Å². The van der Waals surface area contributed by atoms with Crippen LogP contribution in [0, 0.1) is 5.92 Å². The molecule has 1 aliphatic rings. The van der Waals surface area contributed by atoms with Gasteiger partial charge in [0, 0.05) is 31.5 Å². The summed E-state index contributed by atoms with van der Waals surface area (Å²) >= 11 is 0. The summed E-state index contributed by atoms with van der Waals surface area (Å²) in [5.41, 5.74) is 7.32. The SMILES string of the molecule is CC1CC(N)CN(C(=O)c2cnn3ccncc23)C1. The monoisotopic (exact) mass is 259 g/mol. The van der Waals surface area contributed by atoms with Gasteiger partial charge < -0.3 is 10.6 Å². The number of hydrogen-bond donors (Lipinski definition) is 1. The van der Waals surface area contributed by atoms with Crippen molar-refractivity contribution < 1.29 is 4.79 Å². The van der Waals surface area contributed by atoms with E-state index >= 15 is 0 Å². The van der Waals surface area contributed by atoms with Crippen LogP contribution in [0.4, 0.5) is 0 Å². The molecule has 0 saturated carbocycles. The second-order valence-electron chi connectivity index (χ2n) is 5.28. The van der Waals surface area contributed by atoms with Gasteiger partial charge in [0.15, 0.2) is 0 Å². The van der Waals surface area contributed by atoms with Gasteiger partial charge in [-0.1, -0.05) is 6.92 Å². The highest BCUT2D eigenvalue weighted by atomic mass is 16.2. The zero-order valence-electron chi connectivity index (χ0n) is 10.9. The van der Waals surface area contributed by atoms with Crippen LogP contribution in [-0.2, 0) is 0 Å². The molecule has 0 aromatic carbocycles. The third kappa shape index (κ3) is 2.19. The number of piperidine rings is 1. The fraction of sp³-hybridized carbons (Fsp3) is 0.462. The number of carbonyl (C=O) groups is 1.